The molecule has 0 amide bonds. The van der Waals surface area contributed by atoms with Crippen LogP contribution in [0, 0.1) is 10.8 Å². The van der Waals surface area contributed by atoms with Crippen molar-refractivity contribution in [1.82, 2.24) is 5.32 Å². The first-order chi connectivity index (χ1) is 17.6. The lowest BCUT2D eigenvalue weighted by Crippen LogP contribution is -2.41. The van der Waals surface area contributed by atoms with Crippen LogP contribution in [0.3, 0.4) is 0 Å². The number of nitrogens with one attached hydrogen (secondary N) is 1. The highest BCUT2D eigenvalue weighted by Gasteiger charge is 2.24. The maximum absolute atomic E-state index is 12.6. The molecule has 0 aliphatic heterocycles. The Morgan fingerprint density at radius 1 is 0.842 bits per heavy atom. The van der Waals surface area contributed by atoms with Crippen LogP contribution in [0.5, 0.6) is 11.5 Å². The highest BCUT2D eigenvalue weighted by Crippen LogP contribution is 2.32. The molecule has 0 bridgehead atoms. The molecule has 1 aromatic carbocycles. The van der Waals surface area contributed by atoms with Crippen LogP contribution in [-0.2, 0) is 35.0 Å². The molecular weight excluding hydrogens is 494 g/mol. The van der Waals surface area contributed by atoms with E-state index in [4.69, 9.17) is 23.7 Å². The van der Waals surface area contributed by atoms with Gasteiger partial charge in [-0.2, -0.15) is 0 Å². The van der Waals surface area contributed by atoms with Crippen LogP contribution in [0.15, 0.2) is 18.2 Å². The first-order valence-corrected chi connectivity index (χ1v) is 12.8. The predicted octanol–water partition coefficient (Wildman–Crippen LogP) is 4.61. The molecule has 214 valence electrons. The van der Waals surface area contributed by atoms with Gasteiger partial charge in [0.25, 0.3) is 0 Å². The number of carbonyl (C=O) groups excluding carboxylic acids is 4. The molecule has 0 unspecified atom stereocenters. The number of rotatable bonds is 13. The molecule has 0 saturated carbocycles. The van der Waals surface area contributed by atoms with Gasteiger partial charge in [0, 0.05) is 6.54 Å². The molecule has 0 aromatic heterocycles. The normalized spacial score (nSPS) is 12.3. The van der Waals surface area contributed by atoms with Crippen molar-refractivity contribution in [2.45, 2.75) is 80.2 Å². The van der Waals surface area contributed by atoms with Gasteiger partial charge in [0.15, 0.2) is 11.5 Å². The number of hydrogen-bond acceptors (Lipinski definition) is 10. The second-order valence-corrected chi connectivity index (χ2v) is 11.4. The third-order valence-corrected chi connectivity index (χ3v) is 4.87. The first kappa shape index (κ1) is 32.9. The van der Waals surface area contributed by atoms with E-state index in [1.807, 2.05) is 48.5 Å². The van der Waals surface area contributed by atoms with Gasteiger partial charge in [-0.25, -0.2) is 4.79 Å². The SMILES string of the molecule is CCCOC(=O)OCCN[C@@H](Cc1ccc(OC(=O)CC(C)(C)C)c(OC(=O)CC(C)(C)C)c1)C(=O)OC. The van der Waals surface area contributed by atoms with E-state index in [2.05, 4.69) is 5.32 Å². The Bertz CT molecular complexity index is 945. The average molecular weight is 538 g/mol. The Labute approximate surface area is 225 Å². The largest absolute Gasteiger partial charge is 0.508 e. The molecule has 1 aromatic rings. The van der Waals surface area contributed by atoms with Crippen LogP contribution in [0.1, 0.15) is 73.3 Å². The standard InChI is InChI=1S/C28H43NO9/c1-9-13-35-26(33)36-14-12-29-20(25(32)34-8)15-19-10-11-21(37-23(30)17-27(2,3)4)22(16-19)38-24(31)18-28(5,6)7/h10-11,16,20,29H,9,12-15,17-18H2,1-8H3/t20-/m0/s1. The lowest BCUT2D eigenvalue weighted by Gasteiger charge is -2.20. The van der Waals surface area contributed by atoms with Crippen LogP contribution in [-0.4, -0.2) is 57.0 Å². The number of ether oxygens (including phenoxy) is 5. The molecule has 0 heterocycles. The van der Waals surface area contributed by atoms with E-state index in [0.29, 0.717) is 12.0 Å². The van der Waals surface area contributed by atoms with Crippen LogP contribution in [0.2, 0.25) is 0 Å². The fourth-order valence-electron chi connectivity index (χ4n) is 3.24. The first-order valence-electron chi connectivity index (χ1n) is 12.8. The van der Waals surface area contributed by atoms with Gasteiger partial charge < -0.3 is 29.0 Å². The summed E-state index contributed by atoms with van der Waals surface area (Å²) < 4.78 is 25.8. The monoisotopic (exact) mass is 537 g/mol. The molecule has 1 rings (SSSR count). The summed E-state index contributed by atoms with van der Waals surface area (Å²) in [7, 11) is 1.27. The van der Waals surface area contributed by atoms with Gasteiger partial charge in [0.05, 0.1) is 26.6 Å². The third kappa shape index (κ3) is 14.0. The summed E-state index contributed by atoms with van der Waals surface area (Å²) in [6.07, 6.45) is 0.403. The van der Waals surface area contributed by atoms with Crippen molar-refractivity contribution < 1.29 is 42.9 Å². The van der Waals surface area contributed by atoms with Crippen LogP contribution < -0.4 is 14.8 Å². The van der Waals surface area contributed by atoms with E-state index in [0.717, 1.165) is 0 Å². The predicted molar refractivity (Wildman–Crippen MR) is 141 cm³/mol. The van der Waals surface area contributed by atoms with Gasteiger partial charge in [-0.15, -0.1) is 0 Å². The van der Waals surface area contributed by atoms with Crippen molar-refractivity contribution in [2.24, 2.45) is 10.8 Å². The number of methoxy groups -OCH3 is 1. The number of benzene rings is 1. The molecule has 1 atom stereocenters. The zero-order valence-electron chi connectivity index (χ0n) is 23.9. The zero-order valence-corrected chi connectivity index (χ0v) is 23.9. The Kier molecular flexibility index (Phi) is 13.3. The van der Waals surface area contributed by atoms with E-state index in [1.54, 1.807) is 12.1 Å². The topological polar surface area (TPSA) is 126 Å². The molecule has 0 radical (unpaired) electrons. The molecule has 0 fully saturated rings. The Morgan fingerprint density at radius 3 is 1.92 bits per heavy atom. The number of esters is 3. The van der Waals surface area contributed by atoms with E-state index in [1.165, 1.54) is 13.2 Å². The van der Waals surface area contributed by atoms with Gasteiger partial charge in [0.1, 0.15) is 12.6 Å². The summed E-state index contributed by atoms with van der Waals surface area (Å²) in [5, 5.41) is 2.99. The highest BCUT2D eigenvalue weighted by molar-refractivity contribution is 5.78. The molecule has 10 nitrogen and oxygen atoms in total. The van der Waals surface area contributed by atoms with Gasteiger partial charge >= 0.3 is 24.1 Å². The molecule has 38 heavy (non-hydrogen) atoms. The fourth-order valence-corrected chi connectivity index (χ4v) is 3.24. The molecule has 10 heteroatoms. The maximum atomic E-state index is 12.6. The van der Waals surface area contributed by atoms with Gasteiger partial charge in [-0.05, 0) is 41.4 Å². The summed E-state index contributed by atoms with van der Waals surface area (Å²) >= 11 is 0. The minimum Gasteiger partial charge on any atom is -0.468 e. The van der Waals surface area contributed by atoms with Gasteiger partial charge in [0.2, 0.25) is 0 Å². The summed E-state index contributed by atoms with van der Waals surface area (Å²) in [4.78, 5) is 48.9. The molecule has 0 saturated heterocycles. The Morgan fingerprint density at radius 2 is 1.39 bits per heavy atom. The van der Waals surface area contributed by atoms with E-state index >= 15 is 0 Å². The molecular formula is C28H43NO9. The smallest absolute Gasteiger partial charge is 0.468 e. The Hall–Kier alpha value is -3.14. The summed E-state index contributed by atoms with van der Waals surface area (Å²) in [6, 6.07) is 4.01. The van der Waals surface area contributed by atoms with Crippen molar-refractivity contribution >= 4 is 24.1 Å². The van der Waals surface area contributed by atoms with Crippen molar-refractivity contribution in [1.29, 1.82) is 0 Å². The lowest BCUT2D eigenvalue weighted by atomic mass is 9.92. The van der Waals surface area contributed by atoms with Crippen molar-refractivity contribution in [3.05, 3.63) is 23.8 Å². The van der Waals surface area contributed by atoms with E-state index in [-0.39, 0.29) is 61.3 Å². The molecule has 0 aliphatic carbocycles. The fraction of sp³-hybridized carbons (Fsp3) is 0.643. The minimum atomic E-state index is -0.776. The second kappa shape index (κ2) is 15.3. The second-order valence-electron chi connectivity index (χ2n) is 11.4. The van der Waals surface area contributed by atoms with Gasteiger partial charge in [-0.1, -0.05) is 54.5 Å². The molecule has 0 aliphatic rings. The average Bonchev–Trinajstić information content (AvgIpc) is 2.78. The van der Waals surface area contributed by atoms with E-state index in [9.17, 15) is 19.2 Å². The molecule has 1 N–H and O–H groups in total. The van der Waals surface area contributed by atoms with Crippen LogP contribution in [0.25, 0.3) is 0 Å². The van der Waals surface area contributed by atoms with Crippen LogP contribution in [0.4, 0.5) is 4.79 Å². The number of carbonyl (C=O) groups is 4. The van der Waals surface area contributed by atoms with E-state index < -0.39 is 30.1 Å². The van der Waals surface area contributed by atoms with Gasteiger partial charge in [-0.3, -0.25) is 14.4 Å². The van der Waals surface area contributed by atoms with Crippen LogP contribution >= 0.6 is 0 Å². The lowest BCUT2D eigenvalue weighted by molar-refractivity contribution is -0.143. The highest BCUT2D eigenvalue weighted by atomic mass is 16.7. The summed E-state index contributed by atoms with van der Waals surface area (Å²) in [6.45, 7) is 13.8. The van der Waals surface area contributed by atoms with Crippen molar-refractivity contribution in [3.63, 3.8) is 0 Å². The molecule has 0 spiro atoms. The quantitative estimate of drug-likeness (QED) is 0.217. The maximum Gasteiger partial charge on any atom is 0.508 e. The summed E-state index contributed by atoms with van der Waals surface area (Å²) in [5.74, 6) is -1.25. The Balaban J connectivity index is 3.04. The number of hydrogen-bond donors (Lipinski definition) is 1. The summed E-state index contributed by atoms with van der Waals surface area (Å²) in [5.41, 5.74) is 0.0453. The zero-order chi connectivity index (χ0) is 28.9. The van der Waals surface area contributed by atoms with Crippen molar-refractivity contribution in [3.8, 4) is 11.5 Å². The minimum absolute atomic E-state index is 0.00558. The third-order valence-electron chi connectivity index (χ3n) is 4.87. The van der Waals surface area contributed by atoms with Crippen molar-refractivity contribution in [2.75, 3.05) is 26.9 Å².